The topological polar surface area (TPSA) is 79.9 Å². The maximum absolute atomic E-state index is 10.8. The largest absolute Gasteiger partial charge is 0.482 e. The fourth-order valence-electron chi connectivity index (χ4n) is 1.88. The second-order valence-electron chi connectivity index (χ2n) is 4.35. The first-order valence-electron chi connectivity index (χ1n) is 6.30. The smallest absolute Gasteiger partial charge is 0.371 e. The lowest BCUT2D eigenvalue weighted by Crippen LogP contribution is -2.05. The lowest BCUT2D eigenvalue weighted by Gasteiger charge is -2.15. The number of aliphatic hydroxyl groups is 1. The van der Waals surface area contributed by atoms with Gasteiger partial charge < -0.3 is 19.4 Å². The molecule has 0 radical (unpaired) electrons. The molecule has 1 unspecified atom stereocenters. The van der Waals surface area contributed by atoms with Gasteiger partial charge in [0.05, 0.1) is 0 Å². The van der Waals surface area contributed by atoms with E-state index in [1.807, 2.05) is 24.3 Å². The Kier molecular flexibility index (Phi) is 4.42. The third kappa shape index (κ3) is 3.19. The van der Waals surface area contributed by atoms with Crippen molar-refractivity contribution < 1.29 is 24.2 Å². The van der Waals surface area contributed by atoms with Gasteiger partial charge in [-0.15, -0.1) is 0 Å². The van der Waals surface area contributed by atoms with Crippen molar-refractivity contribution in [3.05, 3.63) is 53.5 Å². The molecule has 0 aliphatic carbocycles. The van der Waals surface area contributed by atoms with Gasteiger partial charge in [-0.2, -0.15) is 0 Å². The maximum atomic E-state index is 10.8. The van der Waals surface area contributed by atoms with Gasteiger partial charge in [0.2, 0.25) is 5.76 Å². The molecule has 5 nitrogen and oxygen atoms in total. The number of carboxylic acids is 1. The van der Waals surface area contributed by atoms with Crippen LogP contribution >= 0.6 is 0 Å². The summed E-state index contributed by atoms with van der Waals surface area (Å²) in [6.07, 6.45) is 0.0875. The monoisotopic (exact) mass is 276 g/mol. The number of carbonyl (C=O) groups is 1. The van der Waals surface area contributed by atoms with Crippen LogP contribution in [0.2, 0.25) is 0 Å². The Hall–Kier alpha value is -2.27. The summed E-state index contributed by atoms with van der Waals surface area (Å²) >= 11 is 0. The van der Waals surface area contributed by atoms with E-state index in [-0.39, 0.29) is 12.4 Å². The first kappa shape index (κ1) is 14.1. The quantitative estimate of drug-likeness (QED) is 0.847. The summed E-state index contributed by atoms with van der Waals surface area (Å²) in [6.45, 7) is 1.82. The Morgan fingerprint density at radius 3 is 2.70 bits per heavy atom. The first-order valence-corrected chi connectivity index (χ1v) is 6.30. The molecule has 106 valence electrons. The van der Waals surface area contributed by atoms with Crippen LogP contribution in [-0.2, 0) is 6.42 Å². The van der Waals surface area contributed by atoms with Crippen molar-refractivity contribution in [1.29, 1.82) is 0 Å². The van der Waals surface area contributed by atoms with Crippen LogP contribution in [0.5, 0.6) is 5.75 Å². The van der Waals surface area contributed by atoms with Gasteiger partial charge >= 0.3 is 5.97 Å². The molecule has 1 heterocycles. The number of aromatic carboxylic acids is 1. The van der Waals surface area contributed by atoms with Gasteiger partial charge in [0.15, 0.2) is 6.10 Å². The van der Waals surface area contributed by atoms with Crippen LogP contribution in [0.4, 0.5) is 0 Å². The second-order valence-corrected chi connectivity index (χ2v) is 4.35. The van der Waals surface area contributed by atoms with Crippen molar-refractivity contribution in [3.63, 3.8) is 0 Å². The summed E-state index contributed by atoms with van der Waals surface area (Å²) in [7, 11) is 0. The van der Waals surface area contributed by atoms with Crippen LogP contribution < -0.4 is 4.74 Å². The number of aliphatic hydroxyl groups excluding tert-OH is 1. The molecule has 2 N–H and O–H groups in total. The van der Waals surface area contributed by atoms with Crippen molar-refractivity contribution >= 4 is 5.97 Å². The van der Waals surface area contributed by atoms with E-state index in [1.165, 1.54) is 6.07 Å². The summed E-state index contributed by atoms with van der Waals surface area (Å²) in [5.41, 5.74) is 0.895. The molecule has 0 fully saturated rings. The van der Waals surface area contributed by atoms with E-state index < -0.39 is 12.1 Å². The van der Waals surface area contributed by atoms with E-state index in [0.29, 0.717) is 17.9 Å². The summed E-state index contributed by atoms with van der Waals surface area (Å²) in [4.78, 5) is 10.8. The van der Waals surface area contributed by atoms with Gasteiger partial charge in [-0.3, -0.25) is 0 Å². The number of benzene rings is 1. The molecule has 0 amide bonds. The maximum Gasteiger partial charge on any atom is 0.371 e. The van der Waals surface area contributed by atoms with Crippen LogP contribution in [0.3, 0.4) is 0 Å². The van der Waals surface area contributed by atoms with Gasteiger partial charge in [0.25, 0.3) is 0 Å². The molecule has 2 aromatic rings. The summed E-state index contributed by atoms with van der Waals surface area (Å²) in [5.74, 6) is -0.119. The molecule has 0 saturated heterocycles. The highest BCUT2D eigenvalue weighted by Crippen LogP contribution is 2.26. The van der Waals surface area contributed by atoms with E-state index >= 15 is 0 Å². The molecular weight excluding hydrogens is 260 g/mol. The SMILES string of the molecule is CC(Oc1ccccc1CCO)c1ccc(C(=O)O)o1. The zero-order chi connectivity index (χ0) is 14.5. The Morgan fingerprint density at radius 2 is 2.05 bits per heavy atom. The van der Waals surface area contributed by atoms with Crippen LogP contribution in [0.1, 0.15) is 34.9 Å². The first-order chi connectivity index (χ1) is 9.61. The molecule has 0 saturated carbocycles. The highest BCUT2D eigenvalue weighted by molar-refractivity contribution is 5.84. The number of hydrogen-bond donors (Lipinski definition) is 2. The Labute approximate surface area is 116 Å². The fourth-order valence-corrected chi connectivity index (χ4v) is 1.88. The predicted molar refractivity (Wildman–Crippen MR) is 71.9 cm³/mol. The predicted octanol–water partition coefficient (Wildman–Crippen LogP) is 2.65. The van der Waals surface area contributed by atoms with Crippen molar-refractivity contribution in [1.82, 2.24) is 0 Å². The Balaban J connectivity index is 2.14. The molecule has 0 spiro atoms. The number of rotatable bonds is 6. The highest BCUT2D eigenvalue weighted by atomic mass is 16.5. The molecule has 20 heavy (non-hydrogen) atoms. The number of carboxylic acid groups (broad SMARTS) is 1. The average Bonchev–Trinajstić information content (AvgIpc) is 2.91. The van der Waals surface area contributed by atoms with Gasteiger partial charge in [-0.25, -0.2) is 4.79 Å². The van der Waals surface area contributed by atoms with Crippen molar-refractivity contribution in [2.75, 3.05) is 6.61 Å². The van der Waals surface area contributed by atoms with E-state index in [2.05, 4.69) is 0 Å². The molecule has 1 aromatic heterocycles. The molecule has 1 atom stereocenters. The third-order valence-electron chi connectivity index (χ3n) is 2.90. The number of hydrogen-bond acceptors (Lipinski definition) is 4. The second kappa shape index (κ2) is 6.25. The zero-order valence-corrected chi connectivity index (χ0v) is 11.1. The average molecular weight is 276 g/mol. The van der Waals surface area contributed by atoms with E-state index in [4.69, 9.17) is 19.4 Å². The normalized spacial score (nSPS) is 12.1. The van der Waals surface area contributed by atoms with E-state index in [0.717, 1.165) is 5.56 Å². The van der Waals surface area contributed by atoms with Gasteiger partial charge in [-0.1, -0.05) is 18.2 Å². The fraction of sp³-hybridized carbons (Fsp3) is 0.267. The van der Waals surface area contributed by atoms with Crippen molar-refractivity contribution in [3.8, 4) is 5.75 Å². The molecule has 5 heteroatoms. The molecule has 1 aromatic carbocycles. The number of furan rings is 1. The zero-order valence-electron chi connectivity index (χ0n) is 11.1. The van der Waals surface area contributed by atoms with Gasteiger partial charge in [0.1, 0.15) is 11.5 Å². The third-order valence-corrected chi connectivity index (χ3v) is 2.90. The number of ether oxygens (including phenoxy) is 1. The lowest BCUT2D eigenvalue weighted by atomic mass is 10.1. The lowest BCUT2D eigenvalue weighted by molar-refractivity contribution is 0.0655. The molecular formula is C15H16O5. The van der Waals surface area contributed by atoms with E-state index in [1.54, 1.807) is 13.0 Å². The molecule has 2 rings (SSSR count). The van der Waals surface area contributed by atoms with Crippen LogP contribution in [0.25, 0.3) is 0 Å². The summed E-state index contributed by atoms with van der Waals surface area (Å²) in [6, 6.07) is 10.4. The minimum Gasteiger partial charge on any atom is -0.482 e. The summed E-state index contributed by atoms with van der Waals surface area (Å²) < 4.78 is 11.0. The van der Waals surface area contributed by atoms with Crippen LogP contribution in [0, 0.1) is 0 Å². The minimum atomic E-state index is -1.11. The number of para-hydroxylation sites is 1. The van der Waals surface area contributed by atoms with Crippen molar-refractivity contribution in [2.45, 2.75) is 19.4 Å². The van der Waals surface area contributed by atoms with Gasteiger partial charge in [-0.05, 0) is 37.1 Å². The molecule has 0 aliphatic rings. The highest BCUT2D eigenvalue weighted by Gasteiger charge is 2.16. The molecule has 0 bridgehead atoms. The standard InChI is InChI=1S/C15H16O5/c1-10(12-6-7-14(20-12)15(17)18)19-13-5-3-2-4-11(13)8-9-16/h2-7,10,16H,8-9H2,1H3,(H,17,18). The Morgan fingerprint density at radius 1 is 1.30 bits per heavy atom. The van der Waals surface area contributed by atoms with Crippen LogP contribution in [-0.4, -0.2) is 22.8 Å². The summed E-state index contributed by atoms with van der Waals surface area (Å²) in [5, 5.41) is 17.8. The molecule has 0 aliphatic heterocycles. The Bertz CT molecular complexity index is 587. The van der Waals surface area contributed by atoms with Gasteiger partial charge in [0, 0.05) is 6.61 Å². The minimum absolute atomic E-state index is 0.0403. The van der Waals surface area contributed by atoms with Crippen LogP contribution in [0.15, 0.2) is 40.8 Å². The van der Waals surface area contributed by atoms with E-state index in [9.17, 15) is 4.79 Å². The van der Waals surface area contributed by atoms with Crippen molar-refractivity contribution in [2.24, 2.45) is 0 Å².